The number of nitrogens with one attached hydrogen (secondary N) is 2. The summed E-state index contributed by atoms with van der Waals surface area (Å²) in [4.78, 5) is 19.3. The molecule has 1 amide bonds. The van der Waals surface area contributed by atoms with Crippen LogP contribution in [0.2, 0.25) is 0 Å². The van der Waals surface area contributed by atoms with E-state index in [0.717, 1.165) is 16.6 Å². The van der Waals surface area contributed by atoms with E-state index >= 15 is 0 Å². The van der Waals surface area contributed by atoms with Crippen molar-refractivity contribution < 1.29 is 9.90 Å². The summed E-state index contributed by atoms with van der Waals surface area (Å²) in [5.74, 6) is 0.186. The van der Waals surface area contributed by atoms with Gasteiger partial charge >= 0.3 is 0 Å². The van der Waals surface area contributed by atoms with Gasteiger partial charge in [-0.2, -0.15) is 5.10 Å². The first-order valence-corrected chi connectivity index (χ1v) is 7.88. The van der Waals surface area contributed by atoms with Gasteiger partial charge in [-0.3, -0.25) is 4.79 Å². The lowest BCUT2D eigenvalue weighted by Gasteiger charge is -1.98. The number of amides is 1. The summed E-state index contributed by atoms with van der Waals surface area (Å²) in [5.41, 5.74) is 5.06. The van der Waals surface area contributed by atoms with Crippen LogP contribution in [-0.4, -0.2) is 32.9 Å². The minimum absolute atomic E-state index is 0.188. The normalized spacial score (nSPS) is 11.1. The van der Waals surface area contributed by atoms with E-state index in [1.807, 2.05) is 24.3 Å². The highest BCUT2D eigenvalue weighted by Crippen LogP contribution is 2.18. The van der Waals surface area contributed by atoms with Crippen LogP contribution in [0.4, 0.5) is 0 Å². The standard InChI is InChI=1S/C16H14N4O2S/c21-12-7-5-11(6-8-12)9-17-20-15(22)10-23-16-18-13-3-1-2-4-14(13)19-16/h1-9,21H,10H2,(H,18,19)(H,20,22)/b17-9-. The largest absolute Gasteiger partial charge is 0.508 e. The van der Waals surface area contributed by atoms with Gasteiger partial charge in [0, 0.05) is 0 Å². The van der Waals surface area contributed by atoms with Crippen LogP contribution in [-0.2, 0) is 4.79 Å². The zero-order valence-electron chi connectivity index (χ0n) is 12.1. The van der Waals surface area contributed by atoms with Crippen LogP contribution in [0, 0.1) is 0 Å². The molecule has 2 aromatic carbocycles. The molecule has 0 fully saturated rings. The Labute approximate surface area is 136 Å². The molecular weight excluding hydrogens is 312 g/mol. The SMILES string of the molecule is O=C(CSc1nc2ccccc2[nH]1)N/N=C\c1ccc(O)cc1. The molecule has 7 heteroatoms. The Bertz CT molecular complexity index is 810. The van der Waals surface area contributed by atoms with Crippen molar-refractivity contribution in [2.75, 3.05) is 5.75 Å². The average molecular weight is 326 g/mol. The number of aromatic hydroxyl groups is 1. The highest BCUT2D eigenvalue weighted by molar-refractivity contribution is 7.99. The van der Waals surface area contributed by atoms with E-state index in [9.17, 15) is 9.90 Å². The molecule has 0 saturated heterocycles. The lowest BCUT2D eigenvalue weighted by Crippen LogP contribution is -2.19. The average Bonchev–Trinajstić information content (AvgIpc) is 2.98. The molecule has 0 bridgehead atoms. The van der Waals surface area contributed by atoms with Gasteiger partial charge in [0.1, 0.15) is 5.75 Å². The van der Waals surface area contributed by atoms with Crippen molar-refractivity contribution in [2.24, 2.45) is 5.10 Å². The summed E-state index contributed by atoms with van der Waals surface area (Å²) >= 11 is 1.32. The number of aromatic nitrogens is 2. The number of aromatic amines is 1. The molecule has 3 aromatic rings. The number of thioether (sulfide) groups is 1. The van der Waals surface area contributed by atoms with E-state index in [1.165, 1.54) is 18.0 Å². The number of carbonyl (C=O) groups is 1. The van der Waals surface area contributed by atoms with E-state index in [2.05, 4.69) is 20.5 Å². The molecule has 0 spiro atoms. The number of hydrogen-bond acceptors (Lipinski definition) is 5. The molecule has 1 aromatic heterocycles. The Morgan fingerprint density at radius 2 is 2.04 bits per heavy atom. The van der Waals surface area contributed by atoms with Crippen LogP contribution in [0.3, 0.4) is 0 Å². The van der Waals surface area contributed by atoms with E-state index in [4.69, 9.17) is 0 Å². The zero-order valence-corrected chi connectivity index (χ0v) is 12.9. The maximum atomic E-state index is 11.7. The molecule has 0 saturated carbocycles. The predicted octanol–water partition coefficient (Wildman–Crippen LogP) is 2.51. The molecule has 0 unspecified atom stereocenters. The maximum Gasteiger partial charge on any atom is 0.250 e. The van der Waals surface area contributed by atoms with Gasteiger partial charge in [-0.25, -0.2) is 10.4 Å². The molecule has 0 atom stereocenters. The van der Waals surface area contributed by atoms with Gasteiger partial charge in [0.05, 0.1) is 23.0 Å². The van der Waals surface area contributed by atoms with Gasteiger partial charge in [-0.1, -0.05) is 23.9 Å². The lowest BCUT2D eigenvalue weighted by atomic mass is 10.2. The van der Waals surface area contributed by atoms with Crippen molar-refractivity contribution in [2.45, 2.75) is 5.16 Å². The van der Waals surface area contributed by atoms with Gasteiger partial charge < -0.3 is 10.1 Å². The number of phenolic OH excluding ortho intramolecular Hbond substituents is 1. The van der Waals surface area contributed by atoms with Gasteiger partial charge in [-0.15, -0.1) is 0 Å². The summed E-state index contributed by atoms with van der Waals surface area (Å²) in [5, 5.41) is 13.7. The van der Waals surface area contributed by atoms with Gasteiger partial charge in [0.25, 0.3) is 5.91 Å². The number of hydrazone groups is 1. The van der Waals surface area contributed by atoms with Crippen molar-refractivity contribution in [3.63, 3.8) is 0 Å². The van der Waals surface area contributed by atoms with Crippen molar-refractivity contribution in [1.29, 1.82) is 0 Å². The minimum atomic E-state index is -0.217. The Balaban J connectivity index is 1.50. The zero-order chi connectivity index (χ0) is 16.1. The third-order valence-electron chi connectivity index (χ3n) is 3.00. The molecule has 3 N–H and O–H groups in total. The number of para-hydroxylation sites is 2. The van der Waals surface area contributed by atoms with Crippen molar-refractivity contribution >= 4 is 34.9 Å². The summed E-state index contributed by atoms with van der Waals surface area (Å²) in [6, 6.07) is 14.2. The maximum absolute atomic E-state index is 11.7. The molecule has 0 aliphatic heterocycles. The Morgan fingerprint density at radius 3 is 2.83 bits per heavy atom. The van der Waals surface area contributed by atoms with E-state index in [1.54, 1.807) is 24.3 Å². The quantitative estimate of drug-likeness (QED) is 0.382. The van der Waals surface area contributed by atoms with Crippen LogP contribution < -0.4 is 5.43 Å². The number of H-pyrrole nitrogens is 1. The minimum Gasteiger partial charge on any atom is -0.508 e. The van der Waals surface area contributed by atoms with Crippen LogP contribution in [0.15, 0.2) is 58.8 Å². The van der Waals surface area contributed by atoms with E-state index in [0.29, 0.717) is 5.16 Å². The second kappa shape index (κ2) is 6.97. The monoisotopic (exact) mass is 326 g/mol. The van der Waals surface area contributed by atoms with Crippen LogP contribution >= 0.6 is 11.8 Å². The second-order valence-corrected chi connectivity index (χ2v) is 5.70. The first-order chi connectivity index (χ1) is 11.2. The number of rotatable bonds is 5. The molecule has 23 heavy (non-hydrogen) atoms. The first-order valence-electron chi connectivity index (χ1n) is 6.89. The Morgan fingerprint density at radius 1 is 1.26 bits per heavy atom. The Kier molecular flexibility index (Phi) is 4.58. The molecule has 0 aliphatic carbocycles. The molecule has 6 nitrogen and oxygen atoms in total. The Hall–Kier alpha value is -2.80. The fourth-order valence-electron chi connectivity index (χ4n) is 1.90. The molecule has 3 rings (SSSR count). The number of carbonyl (C=O) groups excluding carboxylic acids is 1. The van der Waals surface area contributed by atoms with Crippen molar-refractivity contribution in [3.8, 4) is 5.75 Å². The molecule has 0 aliphatic rings. The topological polar surface area (TPSA) is 90.4 Å². The third-order valence-corrected chi connectivity index (χ3v) is 3.88. The van der Waals surface area contributed by atoms with E-state index < -0.39 is 0 Å². The highest BCUT2D eigenvalue weighted by Gasteiger charge is 2.06. The second-order valence-electron chi connectivity index (χ2n) is 4.73. The molecule has 0 radical (unpaired) electrons. The van der Waals surface area contributed by atoms with Gasteiger partial charge in [0.2, 0.25) is 0 Å². The number of benzene rings is 2. The molecule has 1 heterocycles. The molecular formula is C16H14N4O2S. The van der Waals surface area contributed by atoms with E-state index in [-0.39, 0.29) is 17.4 Å². The van der Waals surface area contributed by atoms with Gasteiger partial charge in [-0.05, 0) is 42.0 Å². The summed E-state index contributed by atoms with van der Waals surface area (Å²) < 4.78 is 0. The third kappa shape index (κ3) is 4.10. The van der Waals surface area contributed by atoms with Crippen LogP contribution in [0.5, 0.6) is 5.75 Å². The number of nitrogens with zero attached hydrogens (tertiary/aromatic N) is 2. The lowest BCUT2D eigenvalue weighted by molar-refractivity contribution is -0.118. The summed E-state index contributed by atoms with van der Waals surface area (Å²) in [7, 11) is 0. The summed E-state index contributed by atoms with van der Waals surface area (Å²) in [6.45, 7) is 0. The predicted molar refractivity (Wildman–Crippen MR) is 90.7 cm³/mol. The van der Waals surface area contributed by atoms with Gasteiger partial charge in [0.15, 0.2) is 5.16 Å². The summed E-state index contributed by atoms with van der Waals surface area (Å²) in [6.07, 6.45) is 1.52. The number of fused-ring (bicyclic) bond motifs is 1. The van der Waals surface area contributed by atoms with Crippen LogP contribution in [0.25, 0.3) is 11.0 Å². The number of phenols is 1. The fourth-order valence-corrected chi connectivity index (χ4v) is 2.58. The molecule has 116 valence electrons. The first kappa shape index (κ1) is 15.1. The number of hydrogen-bond donors (Lipinski definition) is 3. The number of imidazole rings is 1. The fraction of sp³-hybridized carbons (Fsp3) is 0.0625. The smallest absolute Gasteiger partial charge is 0.250 e. The van der Waals surface area contributed by atoms with Crippen molar-refractivity contribution in [1.82, 2.24) is 15.4 Å². The van der Waals surface area contributed by atoms with Crippen LogP contribution in [0.1, 0.15) is 5.56 Å². The van der Waals surface area contributed by atoms with Crippen molar-refractivity contribution in [3.05, 3.63) is 54.1 Å². The highest BCUT2D eigenvalue weighted by atomic mass is 32.2.